The maximum atomic E-state index is 14.8. The summed E-state index contributed by atoms with van der Waals surface area (Å²) in [5.74, 6) is 0.0896. The van der Waals surface area contributed by atoms with Gasteiger partial charge in [0.05, 0.1) is 33.0 Å². The third kappa shape index (κ3) is 2.85. The standard InChI is InChI=1S/C19H19FN6S/c1-10-9-26-18(23-10)14(21)8-15(25-26)12-6-13(20)17-16(7-12)27-19(24-17)11-2-4-22-5-3-11/h6-9,11,22H,2-5,21H2,1H3. The van der Waals surface area contributed by atoms with Crippen LogP contribution < -0.4 is 11.1 Å². The number of anilines is 1. The molecule has 0 radical (unpaired) electrons. The van der Waals surface area contributed by atoms with Crippen LogP contribution in [0.25, 0.3) is 27.1 Å². The van der Waals surface area contributed by atoms with Crippen molar-refractivity contribution >= 4 is 32.9 Å². The molecule has 4 heterocycles. The largest absolute Gasteiger partial charge is 0.396 e. The van der Waals surface area contributed by atoms with Gasteiger partial charge in [-0.25, -0.2) is 18.9 Å². The second-order valence-corrected chi connectivity index (χ2v) is 8.08. The number of nitrogens with two attached hydrogens (primary N) is 1. The highest BCUT2D eigenvalue weighted by Crippen LogP contribution is 2.35. The highest BCUT2D eigenvalue weighted by atomic mass is 32.1. The summed E-state index contributed by atoms with van der Waals surface area (Å²) in [6.07, 6.45) is 3.90. The van der Waals surface area contributed by atoms with Crippen molar-refractivity contribution in [1.29, 1.82) is 0 Å². The van der Waals surface area contributed by atoms with Gasteiger partial charge in [0.25, 0.3) is 0 Å². The molecule has 0 unspecified atom stereocenters. The molecule has 1 aromatic carbocycles. The first kappa shape index (κ1) is 16.6. The molecule has 6 nitrogen and oxygen atoms in total. The molecule has 0 atom stereocenters. The molecule has 0 bridgehead atoms. The Morgan fingerprint density at radius 1 is 1.22 bits per heavy atom. The monoisotopic (exact) mass is 382 g/mol. The summed E-state index contributed by atoms with van der Waals surface area (Å²) >= 11 is 1.58. The number of thiazole rings is 1. The van der Waals surface area contributed by atoms with E-state index in [0.29, 0.717) is 34.0 Å². The van der Waals surface area contributed by atoms with E-state index in [-0.39, 0.29) is 5.82 Å². The number of imidazole rings is 1. The molecule has 4 aromatic rings. The van der Waals surface area contributed by atoms with Crippen LogP contribution in [-0.2, 0) is 0 Å². The van der Waals surface area contributed by atoms with Gasteiger partial charge in [0.2, 0.25) is 0 Å². The minimum absolute atomic E-state index is 0.318. The van der Waals surface area contributed by atoms with Gasteiger partial charge in [0.15, 0.2) is 11.5 Å². The Labute approximate surface area is 159 Å². The third-order valence-electron chi connectivity index (χ3n) is 5.02. The van der Waals surface area contributed by atoms with Gasteiger partial charge in [-0.3, -0.25) is 0 Å². The van der Waals surface area contributed by atoms with Crippen molar-refractivity contribution in [3.05, 3.63) is 40.9 Å². The van der Waals surface area contributed by atoms with Gasteiger partial charge in [-0.1, -0.05) is 0 Å². The molecule has 1 aliphatic rings. The summed E-state index contributed by atoms with van der Waals surface area (Å²) in [7, 11) is 0. The summed E-state index contributed by atoms with van der Waals surface area (Å²) < 4.78 is 17.3. The zero-order valence-corrected chi connectivity index (χ0v) is 15.7. The van der Waals surface area contributed by atoms with E-state index < -0.39 is 0 Å². The number of fused-ring (bicyclic) bond motifs is 2. The Morgan fingerprint density at radius 3 is 2.85 bits per heavy atom. The molecule has 0 spiro atoms. The molecule has 3 N–H and O–H groups in total. The number of piperidine rings is 1. The number of nitrogens with one attached hydrogen (secondary N) is 1. The molecule has 3 aromatic heterocycles. The fourth-order valence-electron chi connectivity index (χ4n) is 3.65. The molecule has 8 heteroatoms. The number of hydrogen-bond donors (Lipinski definition) is 2. The van der Waals surface area contributed by atoms with Crippen molar-refractivity contribution in [3.8, 4) is 11.3 Å². The highest BCUT2D eigenvalue weighted by Gasteiger charge is 2.21. The van der Waals surface area contributed by atoms with Gasteiger partial charge in [-0.15, -0.1) is 11.3 Å². The molecule has 1 saturated heterocycles. The van der Waals surface area contributed by atoms with Gasteiger partial charge >= 0.3 is 0 Å². The van der Waals surface area contributed by atoms with Crippen LogP contribution in [0, 0.1) is 12.7 Å². The molecular formula is C19H19FN6S. The van der Waals surface area contributed by atoms with Gasteiger partial charge in [-0.2, -0.15) is 5.10 Å². The molecule has 27 heavy (non-hydrogen) atoms. The fraction of sp³-hybridized carbons (Fsp3) is 0.316. The Hall–Kier alpha value is -2.58. The lowest BCUT2D eigenvalue weighted by molar-refractivity contribution is 0.459. The average molecular weight is 382 g/mol. The lowest BCUT2D eigenvalue weighted by Crippen LogP contribution is -2.26. The first-order valence-corrected chi connectivity index (χ1v) is 9.84. The van der Waals surface area contributed by atoms with E-state index in [1.165, 1.54) is 6.07 Å². The van der Waals surface area contributed by atoms with Crippen LogP contribution >= 0.6 is 11.3 Å². The predicted molar refractivity (Wildman–Crippen MR) is 106 cm³/mol. The smallest absolute Gasteiger partial charge is 0.177 e. The molecule has 138 valence electrons. The lowest BCUT2D eigenvalue weighted by atomic mass is 9.99. The van der Waals surface area contributed by atoms with Crippen LogP contribution in [0.15, 0.2) is 24.4 Å². The first-order valence-electron chi connectivity index (χ1n) is 9.02. The topological polar surface area (TPSA) is 81.1 Å². The van der Waals surface area contributed by atoms with Crippen LogP contribution in [0.1, 0.15) is 29.5 Å². The summed E-state index contributed by atoms with van der Waals surface area (Å²) in [4.78, 5) is 8.96. The number of hydrogen-bond acceptors (Lipinski definition) is 6. The Kier molecular flexibility index (Phi) is 3.84. The zero-order chi connectivity index (χ0) is 18.5. The number of halogens is 1. The van der Waals surface area contributed by atoms with E-state index in [4.69, 9.17) is 5.73 Å². The minimum Gasteiger partial charge on any atom is -0.396 e. The van der Waals surface area contributed by atoms with Crippen molar-refractivity contribution in [2.45, 2.75) is 25.7 Å². The third-order valence-corrected chi connectivity index (χ3v) is 6.19. The number of rotatable bonds is 2. The molecule has 0 saturated carbocycles. The van der Waals surface area contributed by atoms with E-state index in [1.807, 2.05) is 19.2 Å². The summed E-state index contributed by atoms with van der Waals surface area (Å²) in [6.45, 7) is 3.86. The Bertz CT molecular complexity index is 1160. The van der Waals surface area contributed by atoms with Crippen molar-refractivity contribution in [2.75, 3.05) is 18.8 Å². The van der Waals surface area contributed by atoms with Crippen LogP contribution in [0.2, 0.25) is 0 Å². The quantitative estimate of drug-likeness (QED) is 0.555. The van der Waals surface area contributed by atoms with Gasteiger partial charge in [0, 0.05) is 11.5 Å². The fourth-order valence-corrected chi connectivity index (χ4v) is 4.84. The van der Waals surface area contributed by atoms with E-state index in [1.54, 1.807) is 21.9 Å². The predicted octanol–water partition coefficient (Wildman–Crippen LogP) is 3.50. The summed E-state index contributed by atoms with van der Waals surface area (Å²) in [6, 6.07) is 5.20. The molecule has 0 aliphatic carbocycles. The van der Waals surface area contributed by atoms with Crippen molar-refractivity contribution in [3.63, 3.8) is 0 Å². The van der Waals surface area contributed by atoms with Gasteiger partial charge < -0.3 is 11.1 Å². The van der Waals surface area contributed by atoms with Gasteiger partial charge in [-0.05, 0) is 51.1 Å². The molecule has 0 amide bonds. The number of nitrogens with zero attached hydrogens (tertiary/aromatic N) is 4. The second-order valence-electron chi connectivity index (χ2n) is 7.02. The summed E-state index contributed by atoms with van der Waals surface area (Å²) in [5.41, 5.74) is 9.86. The summed E-state index contributed by atoms with van der Waals surface area (Å²) in [5, 5.41) is 8.94. The van der Waals surface area contributed by atoms with E-state index in [0.717, 1.165) is 41.3 Å². The van der Waals surface area contributed by atoms with Crippen LogP contribution in [0.4, 0.5) is 10.1 Å². The zero-order valence-electron chi connectivity index (χ0n) is 14.9. The molecule has 5 rings (SSSR count). The van der Waals surface area contributed by atoms with Crippen molar-refractivity contribution in [2.24, 2.45) is 0 Å². The maximum absolute atomic E-state index is 14.8. The molecule has 1 aliphatic heterocycles. The van der Waals surface area contributed by atoms with Crippen molar-refractivity contribution < 1.29 is 4.39 Å². The number of aryl methyl sites for hydroxylation is 1. The second kappa shape index (κ2) is 6.24. The normalized spacial score (nSPS) is 15.8. The number of aromatic nitrogens is 4. The highest BCUT2D eigenvalue weighted by molar-refractivity contribution is 7.18. The Morgan fingerprint density at radius 2 is 2.04 bits per heavy atom. The lowest BCUT2D eigenvalue weighted by Gasteiger charge is -2.20. The van der Waals surface area contributed by atoms with Gasteiger partial charge in [0.1, 0.15) is 5.52 Å². The Balaban J connectivity index is 1.61. The maximum Gasteiger partial charge on any atom is 0.177 e. The van der Waals surface area contributed by atoms with Crippen LogP contribution in [0.5, 0.6) is 0 Å². The van der Waals surface area contributed by atoms with Crippen LogP contribution in [-0.4, -0.2) is 32.7 Å². The molecule has 1 fully saturated rings. The number of benzene rings is 1. The van der Waals surface area contributed by atoms with E-state index in [9.17, 15) is 4.39 Å². The minimum atomic E-state index is -0.318. The van der Waals surface area contributed by atoms with Crippen molar-refractivity contribution in [1.82, 2.24) is 24.9 Å². The first-order chi connectivity index (χ1) is 13.1. The average Bonchev–Trinajstić information content (AvgIpc) is 3.26. The van der Waals surface area contributed by atoms with E-state index in [2.05, 4.69) is 20.4 Å². The van der Waals surface area contributed by atoms with Crippen LogP contribution in [0.3, 0.4) is 0 Å². The molecular weight excluding hydrogens is 363 g/mol. The SMILES string of the molecule is Cc1cn2nc(-c3cc(F)c4nc(C5CCNCC5)sc4c3)cc(N)c2n1. The van der Waals surface area contributed by atoms with E-state index >= 15 is 0 Å². The number of nitrogen functional groups attached to an aromatic ring is 1.